The lowest BCUT2D eigenvalue weighted by Crippen LogP contribution is -2.74. The third-order valence-electron chi connectivity index (χ3n) is 10.8. The van der Waals surface area contributed by atoms with Gasteiger partial charge in [0.1, 0.15) is 12.1 Å². The van der Waals surface area contributed by atoms with E-state index in [9.17, 15) is 14.7 Å². The lowest BCUT2D eigenvalue weighted by Gasteiger charge is -2.49. The number of carbonyl (C=O) groups excluding carboxylic acids is 2. The molecule has 3 aliphatic rings. The minimum absolute atomic E-state index is 0.0144. The van der Waals surface area contributed by atoms with Crippen LogP contribution >= 0.6 is 34.8 Å². The molecule has 1 spiro atoms. The maximum absolute atomic E-state index is 13.9. The van der Waals surface area contributed by atoms with Crippen LogP contribution in [0.2, 0.25) is 5.04 Å². The molecular formula is C42H44Cl3N5O5Si. The van der Waals surface area contributed by atoms with Crippen molar-refractivity contribution < 1.29 is 23.9 Å². The summed E-state index contributed by atoms with van der Waals surface area (Å²) in [6.07, 6.45) is -2.62. The molecule has 292 valence electrons. The van der Waals surface area contributed by atoms with Gasteiger partial charge in [0, 0.05) is 0 Å². The molecule has 1 unspecified atom stereocenters. The third kappa shape index (κ3) is 6.99. The molecule has 4 N–H and O–H groups in total. The van der Waals surface area contributed by atoms with E-state index in [4.69, 9.17) is 49.0 Å². The van der Waals surface area contributed by atoms with Gasteiger partial charge in [-0.1, -0.05) is 171 Å². The van der Waals surface area contributed by atoms with E-state index in [1.807, 2.05) is 85.8 Å². The van der Waals surface area contributed by atoms with Gasteiger partial charge in [0.2, 0.25) is 5.96 Å². The SMILES string of the molecule is C=C1N[C@H]2[C@H](CO[Si](c3ccccc3)(c3ccccc3)C(C)(C)C)N=C(NC(=O)C(Cl)(Cl)Cl)N3[C@@H](c4ccccc4)[C@H](OC(=O)c4ccc(C)cc4)[C@H](O)C23N1. The van der Waals surface area contributed by atoms with E-state index >= 15 is 0 Å². The second-order valence-electron chi connectivity index (χ2n) is 15.4. The van der Waals surface area contributed by atoms with Crippen molar-refractivity contribution in [1.29, 1.82) is 0 Å². The number of ether oxygens (including phenoxy) is 1. The van der Waals surface area contributed by atoms with Crippen LogP contribution in [0, 0.1) is 6.92 Å². The Labute approximate surface area is 343 Å². The Morgan fingerprint density at radius 1 is 0.911 bits per heavy atom. The zero-order chi connectivity index (χ0) is 40.0. The predicted molar refractivity (Wildman–Crippen MR) is 223 cm³/mol. The number of aliphatic hydroxyl groups is 1. The number of aliphatic hydroxyl groups excluding tert-OH is 1. The number of nitrogens with zero attached hydrogens (tertiary/aromatic N) is 2. The molecular weight excluding hydrogens is 789 g/mol. The zero-order valence-corrected chi connectivity index (χ0v) is 34.6. The van der Waals surface area contributed by atoms with Crippen LogP contribution in [0.3, 0.4) is 0 Å². The van der Waals surface area contributed by atoms with E-state index in [0.29, 0.717) is 16.9 Å². The van der Waals surface area contributed by atoms with Crippen molar-refractivity contribution in [1.82, 2.24) is 20.9 Å². The van der Waals surface area contributed by atoms with Crippen LogP contribution in [0.25, 0.3) is 0 Å². The van der Waals surface area contributed by atoms with Crippen molar-refractivity contribution in [2.45, 2.75) is 72.5 Å². The predicted octanol–water partition coefficient (Wildman–Crippen LogP) is 5.47. The van der Waals surface area contributed by atoms with Gasteiger partial charge in [0.25, 0.3) is 18.0 Å². The monoisotopic (exact) mass is 831 g/mol. The number of carbonyl (C=O) groups is 2. The van der Waals surface area contributed by atoms with E-state index in [-0.39, 0.29) is 17.6 Å². The summed E-state index contributed by atoms with van der Waals surface area (Å²) in [6, 6.07) is 34.2. The van der Waals surface area contributed by atoms with Gasteiger partial charge in [-0.05, 0) is 40.0 Å². The second kappa shape index (κ2) is 15.2. The maximum Gasteiger partial charge on any atom is 0.338 e. The number of nitrogens with one attached hydrogen (secondary N) is 3. The van der Waals surface area contributed by atoms with Crippen molar-refractivity contribution in [3.05, 3.63) is 144 Å². The lowest BCUT2D eigenvalue weighted by atomic mass is 9.88. The quantitative estimate of drug-likeness (QED) is 0.105. The molecule has 0 saturated carbocycles. The van der Waals surface area contributed by atoms with Crippen molar-refractivity contribution in [2.75, 3.05) is 6.61 Å². The highest BCUT2D eigenvalue weighted by Crippen LogP contribution is 2.50. The number of esters is 1. The Hall–Kier alpha value is -4.36. The van der Waals surface area contributed by atoms with Crippen LogP contribution in [-0.4, -0.2) is 76.5 Å². The molecule has 10 nitrogen and oxygen atoms in total. The van der Waals surface area contributed by atoms with Gasteiger partial charge in [0.15, 0.2) is 11.8 Å². The molecule has 2 saturated heterocycles. The van der Waals surface area contributed by atoms with Crippen molar-refractivity contribution >= 4 is 71.3 Å². The Balaban J connectivity index is 1.38. The summed E-state index contributed by atoms with van der Waals surface area (Å²) in [5.74, 6) is -1.23. The van der Waals surface area contributed by atoms with E-state index in [0.717, 1.165) is 15.9 Å². The fourth-order valence-corrected chi connectivity index (χ4v) is 13.1. The fourth-order valence-electron chi connectivity index (χ4n) is 8.42. The Morgan fingerprint density at radius 3 is 2.00 bits per heavy atom. The molecule has 0 aliphatic carbocycles. The minimum atomic E-state index is -3.11. The smallest absolute Gasteiger partial charge is 0.338 e. The van der Waals surface area contributed by atoms with Crippen molar-refractivity contribution in [3.8, 4) is 0 Å². The number of hydrogen-bond donors (Lipinski definition) is 4. The van der Waals surface area contributed by atoms with Crippen LogP contribution in [0.4, 0.5) is 0 Å². The minimum Gasteiger partial charge on any atom is -0.453 e. The molecule has 56 heavy (non-hydrogen) atoms. The molecule has 2 fully saturated rings. The molecule has 14 heteroatoms. The molecule has 0 bridgehead atoms. The summed E-state index contributed by atoms with van der Waals surface area (Å²) in [5.41, 5.74) is 0.444. The maximum atomic E-state index is 13.9. The van der Waals surface area contributed by atoms with E-state index in [2.05, 4.69) is 67.6 Å². The van der Waals surface area contributed by atoms with Crippen molar-refractivity contribution in [3.63, 3.8) is 0 Å². The first-order chi connectivity index (χ1) is 26.6. The van der Waals surface area contributed by atoms with E-state index in [1.54, 1.807) is 17.0 Å². The van der Waals surface area contributed by atoms with Crippen LogP contribution in [-0.2, 0) is 14.0 Å². The van der Waals surface area contributed by atoms with Gasteiger partial charge >= 0.3 is 5.97 Å². The van der Waals surface area contributed by atoms with Gasteiger partial charge < -0.3 is 29.8 Å². The van der Waals surface area contributed by atoms with Crippen LogP contribution in [0.15, 0.2) is 133 Å². The highest BCUT2D eigenvalue weighted by molar-refractivity contribution is 6.99. The molecule has 4 aromatic carbocycles. The van der Waals surface area contributed by atoms with Gasteiger partial charge in [-0.25, -0.2) is 9.79 Å². The third-order valence-corrected chi connectivity index (χ3v) is 16.4. The fraction of sp³-hybridized carbons (Fsp3) is 0.310. The molecule has 0 radical (unpaired) electrons. The standard InChI is InChI=1S/C42H44Cl3N5O5Si/c1-26-21-23-29(24-22-26)37(52)55-34-33(28-15-9-6-10-16-28)50-39(48-38(53)42(43,44)45)47-32(35-41(50,36(34)51)49-27(2)46-35)25-54-56(40(3,4)5,30-17-11-7-12-18-30)31-19-13-8-14-20-31/h6-24,32-36,46,49,51H,2,25H2,1,3-5H3,(H,47,48,53)/t32-,33-,34-,35-,36-,41?/m0/s1. The average molecular weight is 833 g/mol. The molecule has 6 atom stereocenters. The number of guanidine groups is 1. The lowest BCUT2D eigenvalue weighted by molar-refractivity contribution is -0.119. The number of aryl methyl sites for hydroxylation is 1. The highest BCUT2D eigenvalue weighted by Gasteiger charge is 2.71. The number of halogens is 3. The number of aliphatic imine (C=N–C) groups is 1. The molecule has 4 aromatic rings. The average Bonchev–Trinajstić information content (AvgIpc) is 3.65. The Morgan fingerprint density at radius 2 is 1.46 bits per heavy atom. The molecule has 3 aliphatic heterocycles. The van der Waals surface area contributed by atoms with Crippen LogP contribution in [0.5, 0.6) is 0 Å². The first-order valence-electron chi connectivity index (χ1n) is 18.3. The van der Waals surface area contributed by atoms with Gasteiger partial charge in [-0.3, -0.25) is 10.1 Å². The zero-order valence-electron chi connectivity index (χ0n) is 31.4. The first kappa shape index (κ1) is 39.9. The summed E-state index contributed by atoms with van der Waals surface area (Å²) in [7, 11) is -3.11. The number of hydrogen-bond acceptors (Lipinski definition) is 9. The summed E-state index contributed by atoms with van der Waals surface area (Å²) in [6.45, 7) is 12.7. The number of rotatable bonds is 8. The molecule has 3 heterocycles. The largest absolute Gasteiger partial charge is 0.453 e. The number of alkyl halides is 3. The topological polar surface area (TPSA) is 125 Å². The van der Waals surface area contributed by atoms with E-state index < -0.39 is 60.0 Å². The first-order valence-corrected chi connectivity index (χ1v) is 21.4. The number of amides is 1. The Kier molecular flexibility index (Phi) is 10.8. The summed E-state index contributed by atoms with van der Waals surface area (Å²) in [4.78, 5) is 34.3. The molecule has 7 rings (SSSR count). The van der Waals surface area contributed by atoms with Gasteiger partial charge in [-0.15, -0.1) is 0 Å². The molecule has 1 amide bonds. The van der Waals surface area contributed by atoms with Crippen LogP contribution < -0.4 is 26.3 Å². The highest BCUT2D eigenvalue weighted by atomic mass is 35.6. The van der Waals surface area contributed by atoms with Crippen molar-refractivity contribution in [2.24, 2.45) is 4.99 Å². The van der Waals surface area contributed by atoms with Gasteiger partial charge in [0.05, 0.1) is 30.1 Å². The second-order valence-corrected chi connectivity index (χ2v) is 22.0. The van der Waals surface area contributed by atoms with Crippen LogP contribution in [0.1, 0.15) is 48.3 Å². The summed E-state index contributed by atoms with van der Waals surface area (Å²) >= 11 is 18.4. The normalized spacial score (nSPS) is 24.6. The van der Waals surface area contributed by atoms with E-state index in [1.165, 1.54) is 0 Å². The molecule has 0 aromatic heterocycles. The number of benzene rings is 4. The summed E-state index contributed by atoms with van der Waals surface area (Å²) < 4.78 is 11.3. The Bertz CT molecular complexity index is 2080. The van der Waals surface area contributed by atoms with Gasteiger partial charge in [-0.2, -0.15) is 0 Å². The summed E-state index contributed by atoms with van der Waals surface area (Å²) in [5, 5.41) is 24.1.